The second kappa shape index (κ2) is 9.01. The molecule has 8 heteroatoms. The van der Waals surface area contributed by atoms with E-state index < -0.39 is 6.04 Å². The number of benzene rings is 2. The van der Waals surface area contributed by atoms with Gasteiger partial charge in [-0.1, -0.05) is 30.3 Å². The second-order valence-corrected chi connectivity index (χ2v) is 7.29. The zero-order valence-electron chi connectivity index (χ0n) is 17.5. The van der Waals surface area contributed by atoms with E-state index in [1.807, 2.05) is 61.5 Å². The highest BCUT2D eigenvalue weighted by Gasteiger charge is 2.34. The van der Waals surface area contributed by atoms with Crippen LogP contribution < -0.4 is 15.4 Å². The summed E-state index contributed by atoms with van der Waals surface area (Å²) in [5, 5.41) is 20.0. The van der Waals surface area contributed by atoms with Gasteiger partial charge >= 0.3 is 0 Å². The van der Waals surface area contributed by atoms with Crippen molar-refractivity contribution < 1.29 is 14.6 Å². The van der Waals surface area contributed by atoms with Gasteiger partial charge < -0.3 is 20.5 Å². The van der Waals surface area contributed by atoms with Crippen molar-refractivity contribution in [2.24, 2.45) is 0 Å². The molecule has 3 N–H and O–H groups in total. The first kappa shape index (κ1) is 20.6. The number of ether oxygens (including phenoxy) is 1. The summed E-state index contributed by atoms with van der Waals surface area (Å²) in [6.45, 7) is 1.93. The first-order valence-corrected chi connectivity index (χ1v) is 10.1. The minimum absolute atomic E-state index is 0.0681. The van der Waals surface area contributed by atoms with E-state index in [-0.39, 0.29) is 12.5 Å². The molecule has 160 valence electrons. The lowest BCUT2D eigenvalue weighted by Crippen LogP contribution is -2.31. The van der Waals surface area contributed by atoms with Crippen LogP contribution in [0.2, 0.25) is 0 Å². The summed E-state index contributed by atoms with van der Waals surface area (Å²) in [6, 6.07) is 16.5. The van der Waals surface area contributed by atoms with Gasteiger partial charge in [-0.15, -0.1) is 0 Å². The van der Waals surface area contributed by atoms with Crippen LogP contribution >= 0.6 is 0 Å². The molecule has 2 aromatic carbocycles. The summed E-state index contributed by atoms with van der Waals surface area (Å²) in [5.41, 5.74) is 2.82. The second-order valence-electron chi connectivity index (χ2n) is 7.29. The van der Waals surface area contributed by atoms with Crippen molar-refractivity contribution in [2.45, 2.75) is 25.8 Å². The average Bonchev–Trinajstić information content (AvgIpc) is 3.19. The minimum atomic E-state index is -0.481. The van der Waals surface area contributed by atoms with Crippen molar-refractivity contribution in [1.29, 1.82) is 0 Å². The monoisotopic (exact) mass is 419 g/mol. The number of carbonyl (C=O) groups excluding carboxylic acids is 1. The van der Waals surface area contributed by atoms with Crippen LogP contribution in [0.15, 0.2) is 65.9 Å². The van der Waals surface area contributed by atoms with Crippen molar-refractivity contribution in [3.8, 4) is 5.75 Å². The van der Waals surface area contributed by atoms with Crippen LogP contribution in [-0.4, -0.2) is 39.5 Å². The number of nitrogens with zero attached hydrogens (tertiary/aromatic N) is 3. The molecule has 1 atom stereocenters. The molecule has 1 aromatic heterocycles. The van der Waals surface area contributed by atoms with Gasteiger partial charge in [0.15, 0.2) is 5.82 Å². The number of allylic oxidation sites excluding steroid dienone is 1. The zero-order valence-corrected chi connectivity index (χ0v) is 17.5. The number of nitrogens with one attached hydrogen (secondary N) is 2. The van der Waals surface area contributed by atoms with Crippen molar-refractivity contribution in [3.05, 3.63) is 77.3 Å². The Morgan fingerprint density at radius 2 is 2.03 bits per heavy atom. The molecule has 0 saturated carbocycles. The molecule has 0 radical (unpaired) electrons. The molecule has 3 aromatic rings. The van der Waals surface area contributed by atoms with E-state index in [2.05, 4.69) is 20.7 Å². The third-order valence-corrected chi connectivity index (χ3v) is 5.14. The van der Waals surface area contributed by atoms with Gasteiger partial charge in [0.25, 0.3) is 5.91 Å². The van der Waals surface area contributed by atoms with E-state index in [4.69, 9.17) is 9.84 Å². The van der Waals surface area contributed by atoms with Gasteiger partial charge in [0, 0.05) is 24.4 Å². The third-order valence-electron chi connectivity index (χ3n) is 5.14. The molecule has 4 rings (SSSR count). The van der Waals surface area contributed by atoms with Gasteiger partial charge in [-0.05, 0) is 43.2 Å². The topological polar surface area (TPSA) is 101 Å². The van der Waals surface area contributed by atoms with Crippen molar-refractivity contribution in [3.63, 3.8) is 0 Å². The van der Waals surface area contributed by atoms with Gasteiger partial charge in [-0.2, -0.15) is 10.1 Å². The summed E-state index contributed by atoms with van der Waals surface area (Å²) in [5.74, 6) is 1.65. The highest BCUT2D eigenvalue weighted by Crippen LogP contribution is 2.36. The minimum Gasteiger partial charge on any atom is -0.497 e. The largest absolute Gasteiger partial charge is 0.497 e. The Hall–Kier alpha value is -3.65. The zero-order chi connectivity index (χ0) is 21.8. The van der Waals surface area contributed by atoms with E-state index in [0.29, 0.717) is 47.3 Å². The number of rotatable bonds is 7. The summed E-state index contributed by atoms with van der Waals surface area (Å²) in [7, 11) is 1.61. The molecule has 0 saturated heterocycles. The standard InChI is InChI=1S/C23H25N5O3/c1-15-20(22(30)25-17-9-4-3-5-10-17)21(16-8-6-11-18(14-16)31-2)28-23(24-15)26-19(27-28)12-7-13-29/h3-6,8-11,14,21,29H,7,12-13H2,1-2H3,(H,25,30)(H,24,26,27). The molecule has 1 unspecified atom stereocenters. The number of carbonyl (C=O) groups is 1. The summed E-state index contributed by atoms with van der Waals surface area (Å²) in [6.07, 6.45) is 1.12. The van der Waals surface area contributed by atoms with Gasteiger partial charge in [0.05, 0.1) is 12.7 Å². The Morgan fingerprint density at radius 1 is 1.23 bits per heavy atom. The van der Waals surface area contributed by atoms with Crippen molar-refractivity contribution in [1.82, 2.24) is 14.8 Å². The maximum absolute atomic E-state index is 13.4. The van der Waals surface area contributed by atoms with Gasteiger partial charge in [0.2, 0.25) is 5.95 Å². The molecule has 1 aliphatic heterocycles. The maximum atomic E-state index is 13.4. The van der Waals surface area contributed by atoms with E-state index in [1.54, 1.807) is 11.8 Å². The van der Waals surface area contributed by atoms with E-state index in [1.165, 1.54) is 0 Å². The molecule has 0 aliphatic carbocycles. The lowest BCUT2D eigenvalue weighted by Gasteiger charge is -2.29. The predicted octanol–water partition coefficient (Wildman–Crippen LogP) is 3.14. The molecule has 31 heavy (non-hydrogen) atoms. The number of hydrogen-bond donors (Lipinski definition) is 3. The normalized spacial score (nSPS) is 15.3. The number of hydrogen-bond acceptors (Lipinski definition) is 6. The van der Waals surface area contributed by atoms with E-state index in [9.17, 15) is 4.79 Å². The number of aromatic nitrogens is 3. The third kappa shape index (κ3) is 4.29. The number of aryl methyl sites for hydroxylation is 1. The maximum Gasteiger partial charge on any atom is 0.255 e. The van der Waals surface area contributed by atoms with Gasteiger partial charge in [0.1, 0.15) is 11.8 Å². The lowest BCUT2D eigenvalue weighted by atomic mass is 9.95. The van der Waals surface area contributed by atoms with E-state index >= 15 is 0 Å². The number of methoxy groups -OCH3 is 1. The molecule has 2 heterocycles. The van der Waals surface area contributed by atoms with Crippen LogP contribution in [0.4, 0.5) is 11.6 Å². The Balaban J connectivity index is 1.77. The molecular weight excluding hydrogens is 394 g/mol. The number of aliphatic hydroxyl groups excluding tert-OH is 1. The fourth-order valence-corrected chi connectivity index (χ4v) is 3.67. The Kier molecular flexibility index (Phi) is 5.99. The summed E-state index contributed by atoms with van der Waals surface area (Å²) < 4.78 is 7.14. The van der Waals surface area contributed by atoms with Gasteiger partial charge in [-0.3, -0.25) is 4.79 Å². The highest BCUT2D eigenvalue weighted by atomic mass is 16.5. The number of anilines is 2. The first-order valence-electron chi connectivity index (χ1n) is 10.1. The first-order chi connectivity index (χ1) is 15.1. The number of para-hydroxylation sites is 1. The fourth-order valence-electron chi connectivity index (χ4n) is 3.67. The predicted molar refractivity (Wildman–Crippen MR) is 118 cm³/mol. The Morgan fingerprint density at radius 3 is 2.77 bits per heavy atom. The summed E-state index contributed by atoms with van der Waals surface area (Å²) >= 11 is 0. The highest BCUT2D eigenvalue weighted by molar-refractivity contribution is 6.06. The van der Waals surface area contributed by atoms with Crippen LogP contribution in [0.25, 0.3) is 0 Å². The number of amides is 1. The van der Waals surface area contributed by atoms with E-state index in [0.717, 1.165) is 5.56 Å². The SMILES string of the molecule is COc1cccc(C2C(C(=O)Nc3ccccc3)=C(C)Nc3nc(CCCO)nn32)c1. The number of fused-ring (bicyclic) bond motifs is 1. The molecule has 0 spiro atoms. The van der Waals surface area contributed by atoms with Gasteiger partial charge in [-0.25, -0.2) is 4.68 Å². The van der Waals surface area contributed by atoms with Crippen LogP contribution in [0.1, 0.15) is 30.8 Å². The Bertz CT molecular complexity index is 1110. The van der Waals surface area contributed by atoms with Crippen LogP contribution in [0.3, 0.4) is 0 Å². The smallest absolute Gasteiger partial charge is 0.255 e. The van der Waals surface area contributed by atoms with Crippen LogP contribution in [0.5, 0.6) is 5.75 Å². The molecule has 1 amide bonds. The Labute approximate surface area is 180 Å². The fraction of sp³-hybridized carbons (Fsp3) is 0.261. The van der Waals surface area contributed by atoms with Crippen molar-refractivity contribution in [2.75, 3.05) is 24.4 Å². The molecule has 0 fully saturated rings. The van der Waals surface area contributed by atoms with Crippen molar-refractivity contribution >= 4 is 17.5 Å². The molecule has 0 bridgehead atoms. The molecule has 1 aliphatic rings. The number of aliphatic hydroxyl groups is 1. The van der Waals surface area contributed by atoms with Crippen LogP contribution in [0, 0.1) is 0 Å². The average molecular weight is 419 g/mol. The quantitative estimate of drug-likeness (QED) is 0.544. The van der Waals surface area contributed by atoms with Crippen LogP contribution in [-0.2, 0) is 11.2 Å². The molecular formula is C23H25N5O3. The molecule has 8 nitrogen and oxygen atoms in total. The summed E-state index contributed by atoms with van der Waals surface area (Å²) in [4.78, 5) is 17.9. The lowest BCUT2D eigenvalue weighted by molar-refractivity contribution is -0.113.